The fourth-order valence-corrected chi connectivity index (χ4v) is 5.06. The number of rotatable bonds is 7. The molecule has 2 N–H and O–H groups in total. The molecule has 1 saturated carbocycles. The van der Waals surface area contributed by atoms with Gasteiger partial charge in [-0.05, 0) is 67.7 Å². The highest BCUT2D eigenvalue weighted by molar-refractivity contribution is 7.83. The van der Waals surface area contributed by atoms with Crippen LogP contribution in [0, 0.1) is 17.3 Å². The summed E-state index contributed by atoms with van der Waals surface area (Å²) in [6, 6.07) is 7.62. The molecule has 2 aliphatic rings. The molecule has 1 spiro atoms. The molecule has 6 heteroatoms. The first kappa shape index (κ1) is 21.9. The Morgan fingerprint density at radius 1 is 1.14 bits per heavy atom. The van der Waals surface area contributed by atoms with E-state index in [1.165, 1.54) is 50.5 Å². The Kier molecular flexibility index (Phi) is 7.39. The number of allylic oxidation sites excluding steroid dienone is 1. The summed E-state index contributed by atoms with van der Waals surface area (Å²) in [7, 11) is -4.24. The maximum Gasteiger partial charge on any atom is 0.333 e. The van der Waals surface area contributed by atoms with Crippen LogP contribution in [0.3, 0.4) is 0 Å². The third-order valence-corrected chi connectivity index (χ3v) is 6.74. The van der Waals surface area contributed by atoms with Gasteiger partial charge in [-0.3, -0.25) is 4.55 Å². The van der Waals surface area contributed by atoms with Crippen molar-refractivity contribution in [1.82, 2.24) is 4.72 Å². The van der Waals surface area contributed by atoms with Gasteiger partial charge >= 0.3 is 10.3 Å². The third kappa shape index (κ3) is 6.08. The van der Waals surface area contributed by atoms with Gasteiger partial charge in [0.25, 0.3) is 0 Å². The molecule has 1 atom stereocenters. The molecule has 3 rings (SSSR count). The number of ether oxygens (including phenoxy) is 1. The highest BCUT2D eigenvalue weighted by Gasteiger charge is 2.36. The van der Waals surface area contributed by atoms with Crippen LogP contribution in [0.2, 0.25) is 0 Å². The van der Waals surface area contributed by atoms with E-state index in [0.717, 1.165) is 17.7 Å². The van der Waals surface area contributed by atoms with Crippen LogP contribution in [0.4, 0.5) is 0 Å². The molecule has 5 nitrogen and oxygen atoms in total. The molecule has 1 aromatic rings. The number of benzene rings is 1. The van der Waals surface area contributed by atoms with Gasteiger partial charge in [0, 0.05) is 6.54 Å². The maximum atomic E-state index is 11.0. The van der Waals surface area contributed by atoms with Crippen LogP contribution in [0.1, 0.15) is 69.8 Å². The largest absolute Gasteiger partial charge is 0.489 e. The second-order valence-corrected chi connectivity index (χ2v) is 9.33. The van der Waals surface area contributed by atoms with Gasteiger partial charge in [0.05, 0.1) is 5.92 Å². The van der Waals surface area contributed by atoms with Crippen LogP contribution in [0.5, 0.6) is 5.75 Å². The van der Waals surface area contributed by atoms with Gasteiger partial charge in [0.2, 0.25) is 0 Å². The summed E-state index contributed by atoms with van der Waals surface area (Å²) in [4.78, 5) is 0. The van der Waals surface area contributed by atoms with Gasteiger partial charge in [-0.25, -0.2) is 0 Å². The van der Waals surface area contributed by atoms with Crippen molar-refractivity contribution in [3.63, 3.8) is 0 Å². The Bertz CT molecular complexity index is 872. The van der Waals surface area contributed by atoms with E-state index < -0.39 is 10.3 Å². The van der Waals surface area contributed by atoms with Crippen molar-refractivity contribution in [2.24, 2.45) is 5.41 Å². The van der Waals surface area contributed by atoms with E-state index in [1.807, 2.05) is 24.3 Å². The van der Waals surface area contributed by atoms with E-state index in [-0.39, 0.29) is 12.5 Å². The zero-order valence-electron chi connectivity index (χ0n) is 17.1. The molecular weight excluding hydrogens is 386 g/mol. The Morgan fingerprint density at radius 2 is 1.83 bits per heavy atom. The Labute approximate surface area is 174 Å². The molecule has 0 aliphatic heterocycles. The van der Waals surface area contributed by atoms with E-state index >= 15 is 0 Å². The van der Waals surface area contributed by atoms with Gasteiger partial charge in [-0.15, -0.1) is 5.92 Å². The van der Waals surface area contributed by atoms with Gasteiger partial charge in [0.1, 0.15) is 12.4 Å². The lowest BCUT2D eigenvalue weighted by Crippen LogP contribution is -2.31. The minimum absolute atomic E-state index is 0.0231. The molecule has 1 fully saturated rings. The first-order valence-electron chi connectivity index (χ1n) is 10.5. The summed E-state index contributed by atoms with van der Waals surface area (Å²) in [5.74, 6) is 6.26. The third-order valence-electron chi connectivity index (χ3n) is 6.21. The predicted molar refractivity (Wildman–Crippen MR) is 115 cm³/mol. The summed E-state index contributed by atoms with van der Waals surface area (Å²) in [5, 5.41) is 0. The minimum Gasteiger partial charge on any atom is -0.489 e. The lowest BCUT2D eigenvalue weighted by Gasteiger charge is -2.42. The molecule has 1 unspecified atom stereocenters. The number of hydrogen-bond acceptors (Lipinski definition) is 3. The van der Waals surface area contributed by atoms with Gasteiger partial charge in [0.15, 0.2) is 0 Å². The smallest absolute Gasteiger partial charge is 0.333 e. The predicted octanol–water partition coefficient (Wildman–Crippen LogP) is 4.63. The van der Waals surface area contributed by atoms with Crippen molar-refractivity contribution in [2.45, 2.75) is 64.2 Å². The number of hydrogen-bond donors (Lipinski definition) is 2. The van der Waals surface area contributed by atoms with Gasteiger partial charge in [-0.1, -0.05) is 43.4 Å². The first-order chi connectivity index (χ1) is 13.9. The Balaban J connectivity index is 1.63. The first-order valence-corrected chi connectivity index (χ1v) is 11.9. The van der Waals surface area contributed by atoms with Crippen LogP contribution in [-0.4, -0.2) is 26.1 Å². The molecule has 1 aromatic carbocycles. The Hall–Kier alpha value is -1.81. The summed E-state index contributed by atoms with van der Waals surface area (Å²) in [5.41, 5.74) is 2.71. The van der Waals surface area contributed by atoms with E-state index in [4.69, 9.17) is 9.29 Å². The highest BCUT2D eigenvalue weighted by atomic mass is 32.2. The van der Waals surface area contributed by atoms with E-state index in [1.54, 1.807) is 6.92 Å². The summed E-state index contributed by atoms with van der Waals surface area (Å²) < 4.78 is 39.1. The van der Waals surface area contributed by atoms with Crippen LogP contribution >= 0.6 is 0 Å². The SMILES string of the molecule is CC#CC(CNS(=O)(=O)O)c1ccc(OCC2=CCCCC23CCCCC3)cc1. The van der Waals surface area contributed by atoms with Crippen molar-refractivity contribution in [3.8, 4) is 17.6 Å². The maximum absolute atomic E-state index is 11.0. The summed E-state index contributed by atoms with van der Waals surface area (Å²) >= 11 is 0. The van der Waals surface area contributed by atoms with Crippen LogP contribution in [0.25, 0.3) is 0 Å². The second-order valence-electron chi connectivity index (χ2n) is 8.09. The van der Waals surface area contributed by atoms with Crippen LogP contribution < -0.4 is 9.46 Å². The molecule has 2 aliphatic carbocycles. The van der Waals surface area contributed by atoms with E-state index in [2.05, 4.69) is 22.6 Å². The number of nitrogens with one attached hydrogen (secondary N) is 1. The molecule has 0 radical (unpaired) electrons. The fraction of sp³-hybridized carbons (Fsp3) is 0.565. The monoisotopic (exact) mass is 417 g/mol. The van der Waals surface area contributed by atoms with Crippen LogP contribution in [-0.2, 0) is 10.3 Å². The molecule has 0 bridgehead atoms. The lowest BCUT2D eigenvalue weighted by atomic mass is 9.64. The lowest BCUT2D eigenvalue weighted by molar-refractivity contribution is 0.181. The molecule has 0 aromatic heterocycles. The average molecular weight is 418 g/mol. The summed E-state index contributed by atoms with van der Waals surface area (Å²) in [6.07, 6.45) is 12.7. The van der Waals surface area contributed by atoms with Crippen molar-refractivity contribution in [3.05, 3.63) is 41.5 Å². The quantitative estimate of drug-likeness (QED) is 0.385. The van der Waals surface area contributed by atoms with Gasteiger partial charge in [-0.2, -0.15) is 13.1 Å². The van der Waals surface area contributed by atoms with Crippen molar-refractivity contribution < 1.29 is 17.7 Å². The molecule has 0 saturated heterocycles. The molecular formula is C23H31NO4S. The molecule has 0 heterocycles. The zero-order chi connectivity index (χ0) is 20.7. The van der Waals surface area contributed by atoms with E-state index in [9.17, 15) is 8.42 Å². The Morgan fingerprint density at radius 3 is 2.48 bits per heavy atom. The molecule has 158 valence electrons. The zero-order valence-corrected chi connectivity index (χ0v) is 17.9. The van der Waals surface area contributed by atoms with E-state index in [0.29, 0.717) is 12.0 Å². The fourth-order valence-electron chi connectivity index (χ4n) is 4.68. The van der Waals surface area contributed by atoms with Crippen molar-refractivity contribution in [1.29, 1.82) is 0 Å². The van der Waals surface area contributed by atoms with Crippen LogP contribution in [0.15, 0.2) is 35.9 Å². The average Bonchev–Trinajstić information content (AvgIpc) is 2.71. The minimum atomic E-state index is -4.24. The van der Waals surface area contributed by atoms with Crippen molar-refractivity contribution in [2.75, 3.05) is 13.2 Å². The summed E-state index contributed by atoms with van der Waals surface area (Å²) in [6.45, 7) is 2.37. The standard InChI is InChI=1S/C23H31NO4S/c1-2-8-20(17-24-29(25,26)27)19-10-12-22(13-11-19)28-18-21-9-4-7-16-23(21)14-5-3-6-15-23/h9-13,20,24H,3-7,14-18H2,1H3,(H,25,26,27). The normalized spacial score (nSPS) is 19.7. The molecule has 0 amide bonds. The molecule has 29 heavy (non-hydrogen) atoms. The topological polar surface area (TPSA) is 75.6 Å². The van der Waals surface area contributed by atoms with Crippen molar-refractivity contribution >= 4 is 10.3 Å². The van der Waals surface area contributed by atoms with Gasteiger partial charge < -0.3 is 4.74 Å². The second kappa shape index (κ2) is 9.80. The highest BCUT2D eigenvalue weighted by Crippen LogP contribution is 2.48.